The molecule has 0 aliphatic carbocycles. The lowest BCUT2D eigenvalue weighted by Crippen LogP contribution is -1.99. The number of carboxylic acid groups (broad SMARTS) is 1. The molecule has 0 fully saturated rings. The molecule has 0 heterocycles. The highest BCUT2D eigenvalue weighted by Gasteiger charge is 2.08. The van der Waals surface area contributed by atoms with Crippen LogP contribution in [0.4, 0.5) is 0 Å². The number of benzene rings is 2. The van der Waals surface area contributed by atoms with Crippen LogP contribution in [-0.2, 0) is 0 Å². The molecule has 3 heteroatoms. The highest BCUT2D eigenvalue weighted by atomic mass is 127. The van der Waals surface area contributed by atoms with Crippen molar-refractivity contribution >= 4 is 39.3 Å². The highest BCUT2D eigenvalue weighted by molar-refractivity contribution is 14.1. The first-order chi connectivity index (χ1) is 6.68. The van der Waals surface area contributed by atoms with Gasteiger partial charge in [-0.15, -0.1) is 0 Å². The van der Waals surface area contributed by atoms with Crippen LogP contribution < -0.4 is 0 Å². The van der Waals surface area contributed by atoms with E-state index in [9.17, 15) is 4.79 Å². The van der Waals surface area contributed by atoms with E-state index in [0.29, 0.717) is 5.56 Å². The second-order valence-corrected chi connectivity index (χ2v) is 4.15. The summed E-state index contributed by atoms with van der Waals surface area (Å²) in [5.74, 6) is -0.875. The van der Waals surface area contributed by atoms with Gasteiger partial charge in [0.25, 0.3) is 0 Å². The van der Waals surface area contributed by atoms with E-state index >= 15 is 0 Å². The molecule has 2 nitrogen and oxygen atoms in total. The number of fused-ring (bicyclic) bond motifs is 1. The van der Waals surface area contributed by atoms with Crippen molar-refractivity contribution in [3.8, 4) is 0 Å². The van der Waals surface area contributed by atoms with Crippen molar-refractivity contribution in [3.05, 3.63) is 45.5 Å². The third-order valence-corrected chi connectivity index (χ3v) is 2.96. The lowest BCUT2D eigenvalue weighted by atomic mass is 10.1. The molecule has 2 aromatic carbocycles. The van der Waals surface area contributed by atoms with Crippen LogP contribution in [0.15, 0.2) is 36.4 Å². The van der Waals surface area contributed by atoms with Crippen molar-refractivity contribution in [3.63, 3.8) is 0 Å². The second-order valence-electron chi connectivity index (χ2n) is 2.98. The molecular formula is C11H7IO2. The summed E-state index contributed by atoms with van der Waals surface area (Å²) >= 11 is 2.04. The molecule has 14 heavy (non-hydrogen) atoms. The zero-order chi connectivity index (χ0) is 10.1. The van der Waals surface area contributed by atoms with E-state index in [1.54, 1.807) is 6.07 Å². The maximum absolute atomic E-state index is 10.9. The van der Waals surface area contributed by atoms with Gasteiger partial charge in [0.15, 0.2) is 0 Å². The van der Waals surface area contributed by atoms with Crippen molar-refractivity contribution < 1.29 is 9.90 Å². The molecule has 0 spiro atoms. The van der Waals surface area contributed by atoms with Crippen molar-refractivity contribution in [1.29, 1.82) is 0 Å². The van der Waals surface area contributed by atoms with E-state index < -0.39 is 5.97 Å². The number of carbonyl (C=O) groups is 1. The molecule has 0 aromatic heterocycles. The minimum Gasteiger partial charge on any atom is -0.478 e. The zero-order valence-corrected chi connectivity index (χ0v) is 9.36. The Bertz CT molecular complexity index is 506. The predicted octanol–water partition coefficient (Wildman–Crippen LogP) is 3.14. The first kappa shape index (κ1) is 9.45. The predicted molar refractivity (Wildman–Crippen MR) is 63.6 cm³/mol. The smallest absolute Gasteiger partial charge is 0.336 e. The summed E-state index contributed by atoms with van der Waals surface area (Å²) in [7, 11) is 0. The number of hydrogen-bond donors (Lipinski definition) is 1. The molecule has 0 aliphatic heterocycles. The summed E-state index contributed by atoms with van der Waals surface area (Å²) in [6.45, 7) is 0. The van der Waals surface area contributed by atoms with E-state index in [1.807, 2.05) is 52.9 Å². The van der Waals surface area contributed by atoms with Gasteiger partial charge in [0.05, 0.1) is 5.56 Å². The number of aromatic carboxylic acids is 1. The molecule has 0 amide bonds. The van der Waals surface area contributed by atoms with Crippen molar-refractivity contribution in [2.75, 3.05) is 0 Å². The largest absolute Gasteiger partial charge is 0.478 e. The summed E-state index contributed by atoms with van der Waals surface area (Å²) in [6, 6.07) is 11.3. The van der Waals surface area contributed by atoms with E-state index in [4.69, 9.17) is 5.11 Å². The van der Waals surface area contributed by atoms with Crippen LogP contribution in [0.5, 0.6) is 0 Å². The molecular weight excluding hydrogens is 291 g/mol. The Morgan fingerprint density at radius 3 is 2.29 bits per heavy atom. The Hall–Kier alpha value is -1.10. The van der Waals surface area contributed by atoms with Crippen molar-refractivity contribution in [2.45, 2.75) is 0 Å². The van der Waals surface area contributed by atoms with Crippen molar-refractivity contribution in [1.82, 2.24) is 0 Å². The second kappa shape index (κ2) is 3.57. The number of rotatable bonds is 1. The van der Waals surface area contributed by atoms with Gasteiger partial charge in [0.2, 0.25) is 0 Å². The lowest BCUT2D eigenvalue weighted by Gasteiger charge is -2.02. The summed E-state index contributed by atoms with van der Waals surface area (Å²) < 4.78 is 0.772. The summed E-state index contributed by atoms with van der Waals surface area (Å²) in [6.07, 6.45) is 0. The van der Waals surface area contributed by atoms with Gasteiger partial charge in [0.1, 0.15) is 0 Å². The van der Waals surface area contributed by atoms with Crippen molar-refractivity contribution in [2.24, 2.45) is 0 Å². The van der Waals surface area contributed by atoms with Gasteiger partial charge in [-0.2, -0.15) is 0 Å². The Morgan fingerprint density at radius 1 is 1.14 bits per heavy atom. The third-order valence-electron chi connectivity index (χ3n) is 2.07. The van der Waals surface area contributed by atoms with E-state index in [2.05, 4.69) is 0 Å². The first-order valence-electron chi connectivity index (χ1n) is 4.10. The molecule has 70 valence electrons. The molecule has 1 N–H and O–H groups in total. The normalized spacial score (nSPS) is 10.4. The monoisotopic (exact) mass is 298 g/mol. The van der Waals surface area contributed by atoms with Crippen LogP contribution in [0.3, 0.4) is 0 Å². The molecule has 0 aliphatic rings. The fourth-order valence-electron chi connectivity index (χ4n) is 1.38. The first-order valence-corrected chi connectivity index (χ1v) is 5.18. The van der Waals surface area contributed by atoms with E-state index in [1.165, 1.54) is 0 Å². The minimum atomic E-state index is -0.875. The maximum Gasteiger partial charge on any atom is 0.336 e. The molecule has 0 atom stereocenters. The molecule has 0 unspecified atom stereocenters. The Labute approximate surface area is 94.7 Å². The van der Waals surface area contributed by atoms with Crippen LogP contribution in [0, 0.1) is 3.57 Å². The molecule has 2 rings (SSSR count). The third kappa shape index (κ3) is 1.59. The Kier molecular flexibility index (Phi) is 2.41. The van der Waals surface area contributed by atoms with Gasteiger partial charge in [0, 0.05) is 3.57 Å². The molecule has 2 aromatic rings. The summed E-state index contributed by atoms with van der Waals surface area (Å²) in [5, 5.41) is 11.0. The average Bonchev–Trinajstić information content (AvgIpc) is 2.16. The molecule has 0 radical (unpaired) electrons. The Morgan fingerprint density at radius 2 is 1.71 bits per heavy atom. The standard InChI is InChI=1S/C11H7IO2/c12-10-6-8-4-2-1-3-7(8)5-9(10)11(13)14/h1-6H,(H,13,14). The van der Waals surface area contributed by atoms with Crippen LogP contribution in [0.2, 0.25) is 0 Å². The van der Waals surface area contributed by atoms with Crippen LogP contribution in [-0.4, -0.2) is 11.1 Å². The van der Waals surface area contributed by atoms with Crippen LogP contribution in [0.1, 0.15) is 10.4 Å². The number of halogens is 1. The SMILES string of the molecule is O=C(O)c1cc2ccccc2cc1I. The van der Waals surface area contributed by atoms with Gasteiger partial charge < -0.3 is 5.11 Å². The molecule has 0 bridgehead atoms. The zero-order valence-electron chi connectivity index (χ0n) is 7.20. The lowest BCUT2D eigenvalue weighted by molar-refractivity contribution is 0.0696. The van der Waals surface area contributed by atoms with Gasteiger partial charge in [-0.3, -0.25) is 0 Å². The number of hydrogen-bond acceptors (Lipinski definition) is 1. The van der Waals surface area contributed by atoms with Gasteiger partial charge in [-0.05, 0) is 45.5 Å². The maximum atomic E-state index is 10.9. The van der Waals surface area contributed by atoms with Gasteiger partial charge in [-0.1, -0.05) is 24.3 Å². The number of carboxylic acids is 1. The van der Waals surface area contributed by atoms with E-state index in [-0.39, 0.29) is 0 Å². The van der Waals surface area contributed by atoms with Crippen LogP contribution in [0.25, 0.3) is 10.8 Å². The highest BCUT2D eigenvalue weighted by Crippen LogP contribution is 2.21. The van der Waals surface area contributed by atoms with Gasteiger partial charge >= 0.3 is 5.97 Å². The fourth-order valence-corrected chi connectivity index (χ4v) is 2.10. The molecule has 0 saturated heterocycles. The Balaban J connectivity index is 2.77. The van der Waals surface area contributed by atoms with Crippen LogP contribution >= 0.6 is 22.6 Å². The summed E-state index contributed by atoms with van der Waals surface area (Å²) in [5.41, 5.74) is 0.365. The molecule has 0 saturated carbocycles. The van der Waals surface area contributed by atoms with E-state index in [0.717, 1.165) is 14.3 Å². The average molecular weight is 298 g/mol. The topological polar surface area (TPSA) is 37.3 Å². The minimum absolute atomic E-state index is 0.365. The quantitative estimate of drug-likeness (QED) is 0.821. The fraction of sp³-hybridized carbons (Fsp3) is 0. The van der Waals surface area contributed by atoms with Gasteiger partial charge in [-0.25, -0.2) is 4.79 Å². The summed E-state index contributed by atoms with van der Waals surface area (Å²) in [4.78, 5) is 10.9.